The SMILES string of the molecule is C.C.C.C.C.C.CC.CC.Cc1ccc(Cl)cc1.Cc1ccc(F)cc1.Cc1cccc(Cl)c1.Cc1cccc(F)c1.Cc1ccccc1.[C-]#[N+]c1ccc(C)cc1. The molecular weight excluding hydrogens is 759 g/mol. The summed E-state index contributed by atoms with van der Waals surface area (Å²) in [6.45, 7) is 26.6. The Morgan fingerprint density at radius 2 is 0.707 bits per heavy atom. The Morgan fingerprint density at radius 1 is 0.362 bits per heavy atom. The van der Waals surface area contributed by atoms with Crippen LogP contribution in [0.2, 0.25) is 10.0 Å². The van der Waals surface area contributed by atoms with Gasteiger partial charge in [0.2, 0.25) is 0 Å². The number of benzene rings is 6. The zero-order valence-corrected chi connectivity index (χ0v) is 33.9. The highest BCUT2D eigenvalue weighted by atomic mass is 35.5. The molecule has 0 fully saturated rings. The van der Waals surface area contributed by atoms with Crippen LogP contribution in [0.15, 0.2) is 152 Å². The van der Waals surface area contributed by atoms with Crippen LogP contribution >= 0.6 is 23.2 Å². The fourth-order valence-electron chi connectivity index (χ4n) is 3.43. The molecule has 324 valence electrons. The largest absolute Gasteiger partial charge is 0.238 e. The highest BCUT2D eigenvalue weighted by Crippen LogP contribution is 2.11. The highest BCUT2D eigenvalue weighted by Gasteiger charge is 1.87. The first-order valence-electron chi connectivity index (χ1n) is 17.2. The van der Waals surface area contributed by atoms with Gasteiger partial charge in [0.05, 0.1) is 6.57 Å². The summed E-state index contributed by atoms with van der Waals surface area (Å²) in [7, 11) is 0. The Morgan fingerprint density at radius 3 is 0.966 bits per heavy atom. The zero-order valence-electron chi connectivity index (χ0n) is 32.4. The smallest absolute Gasteiger partial charge is 0.187 e. The normalized spacial score (nSPS) is 7.67. The molecule has 0 aromatic heterocycles. The molecule has 0 radical (unpaired) electrons. The average molecular weight is 839 g/mol. The van der Waals surface area contributed by atoms with E-state index in [0.717, 1.165) is 21.2 Å². The fourth-order valence-corrected chi connectivity index (χ4v) is 3.80. The van der Waals surface area contributed by atoms with Gasteiger partial charge in [-0.3, -0.25) is 0 Å². The summed E-state index contributed by atoms with van der Waals surface area (Å²) >= 11 is 11.3. The minimum atomic E-state index is -0.171. The molecule has 6 rings (SSSR count). The van der Waals surface area contributed by atoms with Crippen molar-refractivity contribution >= 4 is 28.9 Å². The number of halogens is 4. The lowest BCUT2D eigenvalue weighted by Crippen LogP contribution is -1.72. The second kappa shape index (κ2) is 46.6. The molecular formula is C53H79Cl2F2N. The lowest BCUT2D eigenvalue weighted by atomic mass is 10.2. The van der Waals surface area contributed by atoms with Gasteiger partial charge in [-0.15, -0.1) is 0 Å². The van der Waals surface area contributed by atoms with Crippen LogP contribution in [-0.4, -0.2) is 0 Å². The van der Waals surface area contributed by atoms with E-state index in [1.165, 1.54) is 46.5 Å². The number of aryl methyl sites for hydroxylation is 6. The van der Waals surface area contributed by atoms with Crippen LogP contribution in [-0.2, 0) is 0 Å². The van der Waals surface area contributed by atoms with Gasteiger partial charge >= 0.3 is 0 Å². The molecule has 0 aliphatic heterocycles. The van der Waals surface area contributed by atoms with Gasteiger partial charge in [-0.25, -0.2) is 13.6 Å². The van der Waals surface area contributed by atoms with Gasteiger partial charge < -0.3 is 0 Å². The first kappa shape index (κ1) is 71.0. The van der Waals surface area contributed by atoms with E-state index in [1.807, 2.05) is 159 Å². The van der Waals surface area contributed by atoms with Crippen LogP contribution in [0.3, 0.4) is 0 Å². The number of hydrogen-bond acceptors (Lipinski definition) is 0. The van der Waals surface area contributed by atoms with E-state index in [0.29, 0.717) is 5.69 Å². The van der Waals surface area contributed by atoms with Crippen molar-refractivity contribution in [2.24, 2.45) is 0 Å². The van der Waals surface area contributed by atoms with Crippen molar-refractivity contribution in [3.8, 4) is 0 Å². The molecule has 6 aromatic carbocycles. The molecule has 0 N–H and O–H groups in total. The lowest BCUT2D eigenvalue weighted by molar-refractivity contribution is 0.626. The van der Waals surface area contributed by atoms with E-state index < -0.39 is 0 Å². The molecule has 0 heterocycles. The molecule has 0 amide bonds. The van der Waals surface area contributed by atoms with Crippen LogP contribution in [0.4, 0.5) is 14.5 Å². The Balaban J connectivity index is -0.0000000831. The minimum absolute atomic E-state index is 0. The van der Waals surface area contributed by atoms with E-state index in [-0.39, 0.29) is 56.2 Å². The van der Waals surface area contributed by atoms with Crippen molar-refractivity contribution in [2.45, 2.75) is 114 Å². The van der Waals surface area contributed by atoms with Crippen LogP contribution in [0, 0.1) is 59.7 Å². The Hall–Kier alpha value is -4.75. The summed E-state index contributed by atoms with van der Waals surface area (Å²) in [5.74, 6) is -0.333. The maximum atomic E-state index is 12.2. The first-order chi connectivity index (χ1) is 24.9. The highest BCUT2D eigenvalue weighted by molar-refractivity contribution is 6.30. The van der Waals surface area contributed by atoms with Crippen molar-refractivity contribution in [3.63, 3.8) is 0 Å². The minimum Gasteiger partial charge on any atom is -0.238 e. The molecule has 0 aliphatic rings. The molecule has 6 aromatic rings. The van der Waals surface area contributed by atoms with Crippen molar-refractivity contribution in [2.75, 3.05) is 0 Å². The number of hydrogen-bond donors (Lipinski definition) is 0. The van der Waals surface area contributed by atoms with Gasteiger partial charge in [0.25, 0.3) is 0 Å². The topological polar surface area (TPSA) is 4.36 Å². The number of nitrogens with zero attached hydrogens (tertiary/aromatic N) is 1. The third-order valence-electron chi connectivity index (χ3n) is 6.09. The van der Waals surface area contributed by atoms with E-state index in [9.17, 15) is 8.78 Å². The van der Waals surface area contributed by atoms with E-state index in [4.69, 9.17) is 29.8 Å². The predicted octanol–water partition coefficient (Wildman–Crippen LogP) is 20.0. The summed E-state index contributed by atoms with van der Waals surface area (Å²) in [5.41, 5.74) is 7.73. The van der Waals surface area contributed by atoms with Crippen molar-refractivity contribution < 1.29 is 8.78 Å². The zero-order chi connectivity index (χ0) is 39.7. The van der Waals surface area contributed by atoms with Crippen molar-refractivity contribution in [1.82, 2.24) is 0 Å². The van der Waals surface area contributed by atoms with Crippen LogP contribution < -0.4 is 0 Å². The Kier molecular flexibility index (Phi) is 57.1. The summed E-state index contributed by atoms with van der Waals surface area (Å²) in [5, 5.41) is 1.61. The molecule has 0 bridgehead atoms. The third kappa shape index (κ3) is 42.4. The van der Waals surface area contributed by atoms with Gasteiger partial charge in [0.15, 0.2) is 5.69 Å². The molecule has 0 atom stereocenters. The molecule has 0 spiro atoms. The first-order valence-corrected chi connectivity index (χ1v) is 18.0. The molecule has 0 saturated heterocycles. The van der Waals surface area contributed by atoms with Gasteiger partial charge in [-0.2, -0.15) is 0 Å². The second-order valence-corrected chi connectivity index (χ2v) is 11.7. The van der Waals surface area contributed by atoms with E-state index >= 15 is 0 Å². The molecule has 1 nitrogen and oxygen atoms in total. The average Bonchev–Trinajstić information content (AvgIpc) is 3.14. The molecule has 5 heteroatoms. The van der Waals surface area contributed by atoms with E-state index in [1.54, 1.807) is 18.2 Å². The van der Waals surface area contributed by atoms with Gasteiger partial charge in [0.1, 0.15) is 11.6 Å². The molecule has 0 unspecified atom stereocenters. The summed E-state index contributed by atoms with van der Waals surface area (Å²) in [6, 6.07) is 46.2. The Bertz CT molecular complexity index is 1580. The van der Waals surface area contributed by atoms with Gasteiger partial charge in [-0.05, 0) is 101 Å². The summed E-state index contributed by atoms with van der Waals surface area (Å²) < 4.78 is 24.3. The molecule has 0 saturated carbocycles. The standard InChI is InChI=1S/C8H7N.2C7H7Cl.2C7H7F.C7H8.2C2H6.6CH4/c1-7-3-5-8(9-2)6-4-7;1-6-2-4-7(8)5-3-6;1-6-3-2-4-7(8)5-6;1-6-2-4-7(8)5-3-6;1-6-3-2-4-7(8)5-6;1-7-5-3-2-4-6-7;2*1-2;;;;;;/h3-6H,1H3;4*2-5H,1H3;2-6H,1H3;2*1-2H3;6*1H4. The van der Waals surface area contributed by atoms with Crippen molar-refractivity contribution in [1.29, 1.82) is 0 Å². The van der Waals surface area contributed by atoms with E-state index in [2.05, 4.69) is 23.9 Å². The van der Waals surface area contributed by atoms with Crippen LogP contribution in [0.25, 0.3) is 4.85 Å². The third-order valence-corrected chi connectivity index (χ3v) is 6.57. The number of rotatable bonds is 0. The quantitative estimate of drug-likeness (QED) is 0.134. The van der Waals surface area contributed by atoms with Crippen molar-refractivity contribution in [3.05, 3.63) is 218 Å². The monoisotopic (exact) mass is 838 g/mol. The summed E-state index contributed by atoms with van der Waals surface area (Å²) in [4.78, 5) is 3.26. The Labute approximate surface area is 368 Å². The maximum absolute atomic E-state index is 12.2. The van der Waals surface area contributed by atoms with Crippen LogP contribution in [0.1, 0.15) is 106 Å². The van der Waals surface area contributed by atoms with Gasteiger partial charge in [0, 0.05) is 10.0 Å². The molecule has 0 aliphatic carbocycles. The lowest BCUT2D eigenvalue weighted by Gasteiger charge is -1.88. The fraction of sp³-hybridized carbons (Fsp3) is 0.302. The predicted molar refractivity (Wildman–Crippen MR) is 266 cm³/mol. The van der Waals surface area contributed by atoms with Crippen LogP contribution in [0.5, 0.6) is 0 Å². The summed E-state index contributed by atoms with van der Waals surface area (Å²) in [6.07, 6.45) is 0. The van der Waals surface area contributed by atoms with Gasteiger partial charge in [-0.1, -0.05) is 221 Å². The molecule has 58 heavy (non-hydrogen) atoms. The maximum Gasteiger partial charge on any atom is 0.187 e. The second-order valence-electron chi connectivity index (χ2n) is 10.8.